The highest BCUT2D eigenvalue weighted by molar-refractivity contribution is 6.29. The number of hydrogen-bond acceptors (Lipinski definition) is 2. The molecular formula is C8H7ClN2. The van der Waals surface area contributed by atoms with Crippen LogP contribution in [0.5, 0.6) is 0 Å². The monoisotopic (exact) mass is 166 g/mol. The lowest BCUT2D eigenvalue weighted by Crippen LogP contribution is -1.91. The molecule has 0 atom stereocenters. The van der Waals surface area contributed by atoms with Gasteiger partial charge in [0.2, 0.25) is 0 Å². The van der Waals surface area contributed by atoms with Crippen LogP contribution in [0, 0.1) is 25.2 Å². The second-order valence-corrected chi connectivity index (χ2v) is 2.72. The SMILES string of the molecule is Cc1cc(Cl)nc(C)c1C#N. The maximum atomic E-state index is 8.66. The highest BCUT2D eigenvalue weighted by Crippen LogP contribution is 2.14. The molecular weight excluding hydrogens is 160 g/mol. The summed E-state index contributed by atoms with van der Waals surface area (Å²) in [5, 5.41) is 9.10. The van der Waals surface area contributed by atoms with Gasteiger partial charge in [0.15, 0.2) is 0 Å². The Hall–Kier alpha value is -1.07. The van der Waals surface area contributed by atoms with Crippen molar-refractivity contribution in [2.24, 2.45) is 0 Å². The molecule has 2 nitrogen and oxygen atoms in total. The Morgan fingerprint density at radius 2 is 2.18 bits per heavy atom. The van der Waals surface area contributed by atoms with Crippen LogP contribution in [0.4, 0.5) is 0 Å². The van der Waals surface area contributed by atoms with Crippen LogP contribution in [0.1, 0.15) is 16.8 Å². The molecule has 1 heterocycles. The average Bonchev–Trinajstić information content (AvgIpc) is 1.85. The zero-order valence-electron chi connectivity index (χ0n) is 6.35. The summed E-state index contributed by atoms with van der Waals surface area (Å²) < 4.78 is 0. The van der Waals surface area contributed by atoms with E-state index < -0.39 is 0 Å². The lowest BCUT2D eigenvalue weighted by molar-refractivity contribution is 1.15. The second kappa shape index (κ2) is 2.89. The molecule has 1 aromatic heterocycles. The van der Waals surface area contributed by atoms with Gasteiger partial charge >= 0.3 is 0 Å². The summed E-state index contributed by atoms with van der Waals surface area (Å²) in [5.74, 6) is 0. The van der Waals surface area contributed by atoms with Crippen molar-refractivity contribution in [2.75, 3.05) is 0 Å². The predicted molar refractivity (Wildman–Crippen MR) is 43.4 cm³/mol. The zero-order chi connectivity index (χ0) is 8.43. The van der Waals surface area contributed by atoms with E-state index in [4.69, 9.17) is 16.9 Å². The summed E-state index contributed by atoms with van der Waals surface area (Å²) in [5.41, 5.74) is 2.19. The maximum Gasteiger partial charge on any atom is 0.129 e. The smallest absolute Gasteiger partial charge is 0.129 e. The van der Waals surface area contributed by atoms with Crippen molar-refractivity contribution in [1.82, 2.24) is 4.98 Å². The minimum atomic E-state index is 0.444. The van der Waals surface area contributed by atoms with Gasteiger partial charge in [-0.15, -0.1) is 0 Å². The van der Waals surface area contributed by atoms with Crippen LogP contribution < -0.4 is 0 Å². The van der Waals surface area contributed by atoms with E-state index in [0.717, 1.165) is 5.56 Å². The average molecular weight is 167 g/mol. The molecule has 0 fully saturated rings. The lowest BCUT2D eigenvalue weighted by atomic mass is 10.1. The first kappa shape index (κ1) is 8.03. The minimum absolute atomic E-state index is 0.444. The molecule has 0 amide bonds. The first-order valence-corrected chi connectivity index (χ1v) is 3.57. The Morgan fingerprint density at radius 3 is 2.64 bits per heavy atom. The van der Waals surface area contributed by atoms with Crippen molar-refractivity contribution in [1.29, 1.82) is 5.26 Å². The number of hydrogen-bond donors (Lipinski definition) is 0. The molecule has 0 saturated carbocycles. The third kappa shape index (κ3) is 1.50. The molecule has 1 aromatic rings. The summed E-state index contributed by atoms with van der Waals surface area (Å²) >= 11 is 5.66. The van der Waals surface area contributed by atoms with Crippen molar-refractivity contribution in [2.45, 2.75) is 13.8 Å². The van der Waals surface area contributed by atoms with Crippen LogP contribution in [0.3, 0.4) is 0 Å². The van der Waals surface area contributed by atoms with E-state index >= 15 is 0 Å². The van der Waals surface area contributed by atoms with Crippen LogP contribution in [-0.4, -0.2) is 4.98 Å². The molecule has 0 saturated heterocycles. The second-order valence-electron chi connectivity index (χ2n) is 2.33. The topological polar surface area (TPSA) is 36.7 Å². The highest BCUT2D eigenvalue weighted by atomic mass is 35.5. The number of halogens is 1. The lowest BCUT2D eigenvalue weighted by Gasteiger charge is -2.00. The van der Waals surface area contributed by atoms with E-state index in [1.165, 1.54) is 0 Å². The third-order valence-corrected chi connectivity index (χ3v) is 1.67. The van der Waals surface area contributed by atoms with Gasteiger partial charge in [-0.2, -0.15) is 5.26 Å². The van der Waals surface area contributed by atoms with Crippen molar-refractivity contribution >= 4 is 11.6 Å². The van der Waals surface area contributed by atoms with Gasteiger partial charge in [0.25, 0.3) is 0 Å². The van der Waals surface area contributed by atoms with Crippen molar-refractivity contribution in [3.8, 4) is 6.07 Å². The van der Waals surface area contributed by atoms with Gasteiger partial charge in [0, 0.05) is 0 Å². The summed E-state index contributed by atoms with van der Waals surface area (Å²) in [6, 6.07) is 3.76. The molecule has 3 heteroatoms. The number of pyridine rings is 1. The number of nitrogens with zero attached hydrogens (tertiary/aromatic N) is 2. The molecule has 0 aliphatic rings. The summed E-state index contributed by atoms with van der Waals surface area (Å²) in [6.45, 7) is 3.62. The summed E-state index contributed by atoms with van der Waals surface area (Å²) in [6.07, 6.45) is 0. The molecule has 0 N–H and O–H groups in total. The number of rotatable bonds is 0. The zero-order valence-corrected chi connectivity index (χ0v) is 7.11. The van der Waals surface area contributed by atoms with Crippen molar-refractivity contribution in [3.63, 3.8) is 0 Å². The van der Waals surface area contributed by atoms with E-state index in [-0.39, 0.29) is 0 Å². The van der Waals surface area contributed by atoms with Crippen LogP contribution >= 0.6 is 11.6 Å². The first-order chi connectivity index (χ1) is 5.15. The molecule has 0 aliphatic heterocycles. The molecule has 56 valence electrons. The molecule has 0 spiro atoms. The van der Waals surface area contributed by atoms with Crippen molar-refractivity contribution in [3.05, 3.63) is 28.0 Å². The molecule has 0 radical (unpaired) electrons. The van der Waals surface area contributed by atoms with E-state index in [2.05, 4.69) is 11.1 Å². The number of aryl methyl sites for hydroxylation is 2. The van der Waals surface area contributed by atoms with Crippen LogP contribution in [-0.2, 0) is 0 Å². The van der Waals surface area contributed by atoms with Gasteiger partial charge in [-0.3, -0.25) is 0 Å². The first-order valence-electron chi connectivity index (χ1n) is 3.19. The summed E-state index contributed by atoms with van der Waals surface area (Å²) in [4.78, 5) is 3.95. The van der Waals surface area contributed by atoms with E-state index in [1.54, 1.807) is 13.0 Å². The predicted octanol–water partition coefficient (Wildman–Crippen LogP) is 2.22. The van der Waals surface area contributed by atoms with Gasteiger partial charge in [0.1, 0.15) is 11.2 Å². The standard InChI is InChI=1S/C8H7ClN2/c1-5-3-8(9)11-6(2)7(5)4-10/h3H,1-2H3. The molecule has 1 rings (SSSR count). The van der Waals surface area contributed by atoms with Crippen LogP contribution in [0.2, 0.25) is 5.15 Å². The normalized spacial score (nSPS) is 9.27. The molecule has 0 bridgehead atoms. The van der Waals surface area contributed by atoms with Gasteiger partial charge < -0.3 is 0 Å². The largest absolute Gasteiger partial charge is 0.240 e. The molecule has 11 heavy (non-hydrogen) atoms. The molecule has 0 aromatic carbocycles. The van der Waals surface area contributed by atoms with E-state index in [0.29, 0.717) is 16.4 Å². The Bertz CT molecular complexity index is 302. The molecule has 0 aliphatic carbocycles. The van der Waals surface area contributed by atoms with Gasteiger partial charge in [-0.05, 0) is 25.5 Å². The van der Waals surface area contributed by atoms with Gasteiger partial charge in [0.05, 0.1) is 11.3 Å². The highest BCUT2D eigenvalue weighted by Gasteiger charge is 2.03. The minimum Gasteiger partial charge on any atom is -0.240 e. The van der Waals surface area contributed by atoms with Crippen LogP contribution in [0.25, 0.3) is 0 Å². The molecule has 0 unspecified atom stereocenters. The fourth-order valence-electron chi connectivity index (χ4n) is 0.954. The van der Waals surface area contributed by atoms with Crippen LogP contribution in [0.15, 0.2) is 6.07 Å². The number of aromatic nitrogens is 1. The Labute approximate surface area is 70.4 Å². The maximum absolute atomic E-state index is 8.66. The number of nitriles is 1. The summed E-state index contributed by atoms with van der Waals surface area (Å²) in [7, 11) is 0. The Morgan fingerprint density at radius 1 is 1.55 bits per heavy atom. The van der Waals surface area contributed by atoms with Gasteiger partial charge in [-0.1, -0.05) is 11.6 Å². The fourth-order valence-corrected chi connectivity index (χ4v) is 1.24. The van der Waals surface area contributed by atoms with Gasteiger partial charge in [-0.25, -0.2) is 4.98 Å². The fraction of sp³-hybridized carbons (Fsp3) is 0.250. The van der Waals surface area contributed by atoms with E-state index in [1.807, 2.05) is 6.92 Å². The van der Waals surface area contributed by atoms with E-state index in [9.17, 15) is 0 Å². The third-order valence-electron chi connectivity index (χ3n) is 1.48. The van der Waals surface area contributed by atoms with Crippen molar-refractivity contribution < 1.29 is 0 Å². The Kier molecular flexibility index (Phi) is 2.11. The quantitative estimate of drug-likeness (QED) is 0.555. The Balaban J connectivity index is 3.40.